The van der Waals surface area contributed by atoms with Crippen LogP contribution in [0.2, 0.25) is 0 Å². The highest BCUT2D eigenvalue weighted by Crippen LogP contribution is 2.28. The maximum Gasteiger partial charge on any atom is 0.306 e. The molecule has 106 valence electrons. The smallest absolute Gasteiger partial charge is 0.306 e. The molecule has 1 rings (SSSR count). The van der Waals surface area contributed by atoms with Gasteiger partial charge in [-0.05, 0) is 39.5 Å². The number of rotatable bonds is 6. The molecular weight excluding hydrogens is 228 g/mol. The van der Waals surface area contributed by atoms with Gasteiger partial charge >= 0.3 is 5.97 Å². The maximum atomic E-state index is 11.3. The fraction of sp³-hybridized carbons (Fsp3) is 0.933. The molecule has 1 fully saturated rings. The van der Waals surface area contributed by atoms with Crippen molar-refractivity contribution < 1.29 is 14.3 Å². The number of hydrogen-bond donors (Lipinski definition) is 0. The first-order chi connectivity index (χ1) is 8.44. The summed E-state index contributed by atoms with van der Waals surface area (Å²) >= 11 is 0. The van der Waals surface area contributed by atoms with Crippen molar-refractivity contribution in [3.63, 3.8) is 0 Å². The van der Waals surface area contributed by atoms with Crippen molar-refractivity contribution in [2.45, 2.75) is 77.9 Å². The predicted octanol–water partition coefficient (Wildman–Crippen LogP) is 3.70. The Hall–Kier alpha value is -0.570. The van der Waals surface area contributed by atoms with Crippen molar-refractivity contribution in [1.29, 1.82) is 0 Å². The second kappa shape index (κ2) is 7.13. The fourth-order valence-electron chi connectivity index (χ4n) is 2.48. The van der Waals surface area contributed by atoms with Crippen molar-refractivity contribution in [3.05, 3.63) is 0 Å². The Morgan fingerprint density at radius 3 is 2.44 bits per heavy atom. The first-order valence-electron chi connectivity index (χ1n) is 7.28. The van der Waals surface area contributed by atoms with E-state index in [1.54, 1.807) is 0 Å². The van der Waals surface area contributed by atoms with Crippen LogP contribution in [0.3, 0.4) is 0 Å². The summed E-state index contributed by atoms with van der Waals surface area (Å²) in [6.45, 7) is 8.26. The van der Waals surface area contributed by atoms with Crippen LogP contribution in [-0.2, 0) is 14.3 Å². The third kappa shape index (κ3) is 5.38. The van der Waals surface area contributed by atoms with Gasteiger partial charge in [0.2, 0.25) is 0 Å². The van der Waals surface area contributed by atoms with Crippen LogP contribution in [0.15, 0.2) is 0 Å². The number of carbonyl (C=O) groups excluding carboxylic acids is 1. The Labute approximate surface area is 111 Å². The van der Waals surface area contributed by atoms with Crippen LogP contribution < -0.4 is 0 Å². The molecule has 0 aromatic carbocycles. The topological polar surface area (TPSA) is 35.5 Å². The van der Waals surface area contributed by atoms with Gasteiger partial charge in [-0.2, -0.15) is 0 Å². The Balaban J connectivity index is 2.31. The lowest BCUT2D eigenvalue weighted by Crippen LogP contribution is -2.36. The van der Waals surface area contributed by atoms with E-state index in [0.717, 1.165) is 0 Å². The number of ether oxygens (including phenoxy) is 2. The van der Waals surface area contributed by atoms with E-state index in [1.165, 1.54) is 32.1 Å². The average molecular weight is 256 g/mol. The molecular formula is C15H28O3. The molecule has 1 unspecified atom stereocenters. The van der Waals surface area contributed by atoms with E-state index in [2.05, 4.69) is 6.92 Å². The van der Waals surface area contributed by atoms with Gasteiger partial charge < -0.3 is 9.47 Å². The van der Waals surface area contributed by atoms with E-state index in [-0.39, 0.29) is 12.1 Å². The Kier molecular flexibility index (Phi) is 6.13. The summed E-state index contributed by atoms with van der Waals surface area (Å²) in [7, 11) is 0. The van der Waals surface area contributed by atoms with Gasteiger partial charge in [0, 0.05) is 6.42 Å². The van der Waals surface area contributed by atoms with E-state index in [0.29, 0.717) is 18.9 Å². The third-order valence-corrected chi connectivity index (χ3v) is 3.69. The summed E-state index contributed by atoms with van der Waals surface area (Å²) in [6, 6.07) is 0. The lowest BCUT2D eigenvalue weighted by atomic mass is 9.86. The molecule has 0 spiro atoms. The van der Waals surface area contributed by atoms with Gasteiger partial charge in [0.25, 0.3) is 0 Å². The van der Waals surface area contributed by atoms with Gasteiger partial charge in [-0.1, -0.05) is 26.2 Å². The van der Waals surface area contributed by atoms with Gasteiger partial charge in [0.05, 0.1) is 12.7 Å². The van der Waals surface area contributed by atoms with E-state index in [9.17, 15) is 4.79 Å². The van der Waals surface area contributed by atoms with Crippen molar-refractivity contribution in [1.82, 2.24) is 0 Å². The highest BCUT2D eigenvalue weighted by molar-refractivity contribution is 5.69. The SMILES string of the molecule is CCC(=O)OC(C)(C)COC(C)C1CCCCC1. The molecule has 0 saturated heterocycles. The summed E-state index contributed by atoms with van der Waals surface area (Å²) < 4.78 is 11.3. The zero-order chi connectivity index (χ0) is 13.6. The fourth-order valence-corrected chi connectivity index (χ4v) is 2.48. The standard InChI is InChI=1S/C15H28O3/c1-5-14(16)18-15(3,4)11-17-12(2)13-9-7-6-8-10-13/h12-13H,5-11H2,1-4H3. The van der Waals surface area contributed by atoms with Gasteiger partial charge in [0.15, 0.2) is 0 Å². The van der Waals surface area contributed by atoms with Gasteiger partial charge in [-0.3, -0.25) is 4.79 Å². The van der Waals surface area contributed by atoms with Crippen LogP contribution >= 0.6 is 0 Å². The number of esters is 1. The van der Waals surface area contributed by atoms with Gasteiger partial charge in [0.1, 0.15) is 5.60 Å². The molecule has 0 aromatic heterocycles. The van der Waals surface area contributed by atoms with Crippen LogP contribution in [0, 0.1) is 5.92 Å². The number of hydrogen-bond acceptors (Lipinski definition) is 3. The van der Waals surface area contributed by atoms with Crippen LogP contribution in [0.25, 0.3) is 0 Å². The van der Waals surface area contributed by atoms with E-state index in [4.69, 9.17) is 9.47 Å². The minimum Gasteiger partial charge on any atom is -0.457 e. The molecule has 1 saturated carbocycles. The predicted molar refractivity (Wildman–Crippen MR) is 72.5 cm³/mol. The van der Waals surface area contributed by atoms with Crippen LogP contribution in [0.5, 0.6) is 0 Å². The van der Waals surface area contributed by atoms with Gasteiger partial charge in [-0.15, -0.1) is 0 Å². The molecule has 0 heterocycles. The Morgan fingerprint density at radius 1 is 1.28 bits per heavy atom. The van der Waals surface area contributed by atoms with Crippen LogP contribution in [0.4, 0.5) is 0 Å². The second-order valence-electron chi connectivity index (χ2n) is 6.00. The van der Waals surface area contributed by atoms with Crippen molar-refractivity contribution in [3.8, 4) is 0 Å². The lowest BCUT2D eigenvalue weighted by Gasteiger charge is -2.31. The molecule has 1 aliphatic carbocycles. The normalized spacial score (nSPS) is 19.6. The molecule has 0 bridgehead atoms. The molecule has 0 aliphatic heterocycles. The zero-order valence-corrected chi connectivity index (χ0v) is 12.3. The first kappa shape index (κ1) is 15.5. The molecule has 1 aliphatic rings. The maximum absolute atomic E-state index is 11.3. The Morgan fingerprint density at radius 2 is 1.89 bits per heavy atom. The molecule has 0 aromatic rings. The summed E-state index contributed by atoms with van der Waals surface area (Å²) in [5.74, 6) is 0.519. The van der Waals surface area contributed by atoms with Crippen LogP contribution in [0.1, 0.15) is 66.2 Å². The van der Waals surface area contributed by atoms with Crippen molar-refractivity contribution >= 4 is 5.97 Å². The largest absolute Gasteiger partial charge is 0.457 e. The Bertz CT molecular complexity index is 254. The van der Waals surface area contributed by atoms with E-state index in [1.807, 2.05) is 20.8 Å². The molecule has 0 amide bonds. The zero-order valence-electron chi connectivity index (χ0n) is 12.3. The molecule has 0 N–H and O–H groups in total. The molecule has 0 radical (unpaired) electrons. The second-order valence-corrected chi connectivity index (χ2v) is 6.00. The quantitative estimate of drug-likeness (QED) is 0.680. The lowest BCUT2D eigenvalue weighted by molar-refractivity contribution is -0.164. The highest BCUT2D eigenvalue weighted by Gasteiger charge is 2.26. The molecule has 1 atom stereocenters. The van der Waals surface area contributed by atoms with E-state index < -0.39 is 5.60 Å². The molecule has 18 heavy (non-hydrogen) atoms. The summed E-state index contributed by atoms with van der Waals surface area (Å²) in [5.41, 5.74) is -0.518. The van der Waals surface area contributed by atoms with Gasteiger partial charge in [-0.25, -0.2) is 0 Å². The van der Waals surface area contributed by atoms with Crippen LogP contribution in [-0.4, -0.2) is 24.3 Å². The molecule has 3 heteroatoms. The monoisotopic (exact) mass is 256 g/mol. The molecule has 3 nitrogen and oxygen atoms in total. The van der Waals surface area contributed by atoms with Crippen molar-refractivity contribution in [2.75, 3.05) is 6.61 Å². The third-order valence-electron chi connectivity index (χ3n) is 3.69. The average Bonchev–Trinajstić information content (AvgIpc) is 2.36. The van der Waals surface area contributed by atoms with Crippen molar-refractivity contribution in [2.24, 2.45) is 5.92 Å². The summed E-state index contributed by atoms with van der Waals surface area (Å²) in [6.07, 6.45) is 7.25. The minimum atomic E-state index is -0.518. The van der Waals surface area contributed by atoms with E-state index >= 15 is 0 Å². The first-order valence-corrected chi connectivity index (χ1v) is 7.28. The number of carbonyl (C=O) groups is 1. The summed E-state index contributed by atoms with van der Waals surface area (Å²) in [4.78, 5) is 11.3. The highest BCUT2D eigenvalue weighted by atomic mass is 16.6. The summed E-state index contributed by atoms with van der Waals surface area (Å²) in [5, 5.41) is 0. The minimum absolute atomic E-state index is 0.158.